The number of amides is 1. The summed E-state index contributed by atoms with van der Waals surface area (Å²) in [6.07, 6.45) is 4.98. The first-order valence-electron chi connectivity index (χ1n) is 7.28. The number of piperidine rings is 1. The van der Waals surface area contributed by atoms with Crippen LogP contribution in [0.2, 0.25) is 0 Å². The molecule has 1 amide bonds. The normalized spacial score (nSPS) is 26.3. The third-order valence-electron chi connectivity index (χ3n) is 3.54. The van der Waals surface area contributed by atoms with E-state index in [1.807, 2.05) is 6.92 Å². The van der Waals surface area contributed by atoms with Gasteiger partial charge in [0.05, 0.1) is 17.7 Å². The van der Waals surface area contributed by atoms with E-state index in [0.29, 0.717) is 18.2 Å². The van der Waals surface area contributed by atoms with E-state index in [2.05, 4.69) is 4.90 Å². The van der Waals surface area contributed by atoms with Crippen LogP contribution in [0.3, 0.4) is 0 Å². The van der Waals surface area contributed by atoms with Gasteiger partial charge in [-0.2, -0.15) is 0 Å². The maximum absolute atomic E-state index is 12.5. The number of likely N-dealkylation sites (tertiary alicyclic amines) is 1. The van der Waals surface area contributed by atoms with Crippen molar-refractivity contribution in [3.05, 3.63) is 11.1 Å². The van der Waals surface area contributed by atoms with Crippen LogP contribution in [0.15, 0.2) is 11.1 Å². The minimum atomic E-state index is -0.374. The van der Waals surface area contributed by atoms with Crippen LogP contribution in [-0.2, 0) is 14.3 Å². The number of nitrogens with zero attached hydrogens (tertiary/aromatic N) is 2. The first-order chi connectivity index (χ1) is 9.67. The highest BCUT2D eigenvalue weighted by molar-refractivity contribution is 8.04. The average molecular weight is 298 g/mol. The van der Waals surface area contributed by atoms with E-state index in [-0.39, 0.29) is 17.3 Å². The maximum Gasteiger partial charge on any atom is 0.333 e. The van der Waals surface area contributed by atoms with E-state index in [4.69, 9.17) is 4.74 Å². The summed E-state index contributed by atoms with van der Waals surface area (Å²) in [6.45, 7) is 6.57. The summed E-state index contributed by atoms with van der Waals surface area (Å²) in [6, 6.07) is 0. The Balaban J connectivity index is 2.10. The van der Waals surface area contributed by atoms with Crippen LogP contribution in [0.25, 0.3) is 0 Å². The Labute approximate surface area is 124 Å². The highest BCUT2D eigenvalue weighted by atomic mass is 32.2. The van der Waals surface area contributed by atoms with Crippen molar-refractivity contribution in [1.82, 2.24) is 9.80 Å². The lowest BCUT2D eigenvalue weighted by molar-refractivity contribution is -0.137. The summed E-state index contributed by atoms with van der Waals surface area (Å²) >= 11 is 1.47. The molecular formula is C14H22N2O3S. The molecule has 0 bridgehead atoms. The molecule has 1 unspecified atom stereocenters. The third-order valence-corrected chi connectivity index (χ3v) is 4.84. The van der Waals surface area contributed by atoms with Crippen LogP contribution in [-0.4, -0.2) is 53.3 Å². The Bertz CT molecular complexity index is 405. The van der Waals surface area contributed by atoms with Gasteiger partial charge in [0, 0.05) is 6.54 Å². The largest absolute Gasteiger partial charge is 0.463 e. The minimum Gasteiger partial charge on any atom is -0.463 e. The molecule has 0 spiro atoms. The highest BCUT2D eigenvalue weighted by Gasteiger charge is 2.40. The molecule has 112 valence electrons. The fourth-order valence-electron chi connectivity index (χ4n) is 2.56. The summed E-state index contributed by atoms with van der Waals surface area (Å²) in [5, 5.41) is 0.544. The minimum absolute atomic E-state index is 0.0925. The van der Waals surface area contributed by atoms with Crippen molar-refractivity contribution in [1.29, 1.82) is 0 Å². The molecule has 0 saturated carbocycles. The zero-order valence-electron chi connectivity index (χ0n) is 12.1. The van der Waals surface area contributed by atoms with Gasteiger partial charge < -0.3 is 9.64 Å². The fraction of sp³-hybridized carbons (Fsp3) is 0.714. The number of hydrogen-bond donors (Lipinski definition) is 0. The van der Waals surface area contributed by atoms with E-state index < -0.39 is 0 Å². The lowest BCUT2D eigenvalue weighted by atomic mass is 10.1. The van der Waals surface area contributed by atoms with Crippen LogP contribution in [0.4, 0.5) is 0 Å². The highest BCUT2D eigenvalue weighted by Crippen LogP contribution is 2.37. The SMILES string of the molecule is CCOC(=O)/C=C1/SC(N2CCCCC2)C(=O)N1CC. The zero-order valence-corrected chi connectivity index (χ0v) is 12.9. The Morgan fingerprint density at radius 1 is 1.35 bits per heavy atom. The second-order valence-corrected chi connectivity index (χ2v) is 5.98. The Kier molecular flexibility index (Phi) is 5.48. The molecular weight excluding hydrogens is 276 g/mol. The quantitative estimate of drug-likeness (QED) is 0.585. The summed E-state index contributed by atoms with van der Waals surface area (Å²) in [4.78, 5) is 28.0. The average Bonchev–Trinajstić information content (AvgIpc) is 2.76. The van der Waals surface area contributed by atoms with Crippen molar-refractivity contribution >= 4 is 23.6 Å². The second kappa shape index (κ2) is 7.13. The smallest absolute Gasteiger partial charge is 0.333 e. The van der Waals surface area contributed by atoms with Gasteiger partial charge in [0.2, 0.25) is 0 Å². The van der Waals surface area contributed by atoms with Crippen LogP contribution in [0.1, 0.15) is 33.1 Å². The van der Waals surface area contributed by atoms with Gasteiger partial charge >= 0.3 is 5.97 Å². The van der Waals surface area contributed by atoms with Crippen molar-refractivity contribution in [2.45, 2.75) is 38.5 Å². The number of thioether (sulfide) groups is 1. The van der Waals surface area contributed by atoms with Crippen molar-refractivity contribution in [2.75, 3.05) is 26.2 Å². The Hall–Kier alpha value is -1.01. The Morgan fingerprint density at radius 3 is 2.65 bits per heavy atom. The van der Waals surface area contributed by atoms with Gasteiger partial charge in [-0.15, -0.1) is 0 Å². The molecule has 0 aromatic heterocycles. The van der Waals surface area contributed by atoms with Crippen molar-refractivity contribution < 1.29 is 14.3 Å². The molecule has 2 saturated heterocycles. The summed E-state index contributed by atoms with van der Waals surface area (Å²) in [5.74, 6) is -0.282. The maximum atomic E-state index is 12.5. The molecule has 0 N–H and O–H groups in total. The lowest BCUT2D eigenvalue weighted by Gasteiger charge is -2.29. The molecule has 6 heteroatoms. The van der Waals surface area contributed by atoms with Gasteiger partial charge in [-0.1, -0.05) is 18.2 Å². The summed E-state index contributed by atoms with van der Waals surface area (Å²) in [5.41, 5.74) is 0. The zero-order chi connectivity index (χ0) is 14.5. The number of carbonyl (C=O) groups is 2. The van der Waals surface area contributed by atoms with Crippen molar-refractivity contribution in [3.63, 3.8) is 0 Å². The molecule has 2 fully saturated rings. The van der Waals surface area contributed by atoms with Gasteiger partial charge in [-0.25, -0.2) is 4.79 Å². The van der Waals surface area contributed by atoms with E-state index in [9.17, 15) is 9.59 Å². The lowest BCUT2D eigenvalue weighted by Crippen LogP contribution is -2.43. The number of carbonyl (C=O) groups excluding carboxylic acids is 2. The van der Waals surface area contributed by atoms with Gasteiger partial charge in [0.25, 0.3) is 5.91 Å². The van der Waals surface area contributed by atoms with Gasteiger partial charge in [-0.3, -0.25) is 9.69 Å². The van der Waals surface area contributed by atoms with E-state index in [1.54, 1.807) is 11.8 Å². The van der Waals surface area contributed by atoms with E-state index in [1.165, 1.54) is 24.3 Å². The topological polar surface area (TPSA) is 49.9 Å². The van der Waals surface area contributed by atoms with E-state index in [0.717, 1.165) is 25.9 Å². The molecule has 20 heavy (non-hydrogen) atoms. The first kappa shape index (κ1) is 15.4. The molecule has 0 aromatic carbocycles. The number of rotatable bonds is 4. The number of ether oxygens (including phenoxy) is 1. The number of hydrogen-bond acceptors (Lipinski definition) is 5. The van der Waals surface area contributed by atoms with Crippen LogP contribution in [0.5, 0.6) is 0 Å². The third kappa shape index (κ3) is 3.35. The first-order valence-corrected chi connectivity index (χ1v) is 8.15. The fourth-order valence-corrected chi connectivity index (χ4v) is 3.89. The monoisotopic (exact) mass is 298 g/mol. The summed E-state index contributed by atoms with van der Waals surface area (Å²) < 4.78 is 4.93. The predicted octanol–water partition coefficient (Wildman–Crippen LogP) is 1.80. The molecule has 0 aromatic rings. The van der Waals surface area contributed by atoms with Crippen LogP contribution >= 0.6 is 11.8 Å². The molecule has 2 aliphatic rings. The Morgan fingerprint density at radius 2 is 2.05 bits per heavy atom. The number of likely N-dealkylation sites (N-methyl/N-ethyl adjacent to an activating group) is 1. The molecule has 0 aliphatic carbocycles. The molecule has 2 heterocycles. The van der Waals surface area contributed by atoms with E-state index >= 15 is 0 Å². The van der Waals surface area contributed by atoms with Crippen LogP contribution < -0.4 is 0 Å². The second-order valence-electron chi connectivity index (χ2n) is 4.88. The van der Waals surface area contributed by atoms with Gasteiger partial charge in [0.1, 0.15) is 5.37 Å². The van der Waals surface area contributed by atoms with Crippen molar-refractivity contribution in [2.24, 2.45) is 0 Å². The van der Waals surface area contributed by atoms with Gasteiger partial charge in [-0.05, 0) is 39.8 Å². The summed E-state index contributed by atoms with van der Waals surface area (Å²) in [7, 11) is 0. The molecule has 2 aliphatic heterocycles. The standard InChI is InChI=1S/C14H22N2O3S/c1-3-16-11(10-12(17)19-4-2)20-14(13(16)18)15-8-6-5-7-9-15/h10,14H,3-9H2,1-2H3/b11-10+. The van der Waals surface area contributed by atoms with Crippen molar-refractivity contribution in [3.8, 4) is 0 Å². The number of esters is 1. The molecule has 2 rings (SSSR count). The molecule has 5 nitrogen and oxygen atoms in total. The predicted molar refractivity (Wildman–Crippen MR) is 78.9 cm³/mol. The molecule has 1 atom stereocenters. The van der Waals surface area contributed by atoms with Crippen LogP contribution in [0, 0.1) is 0 Å². The molecule has 0 radical (unpaired) electrons. The van der Waals surface area contributed by atoms with Gasteiger partial charge in [0.15, 0.2) is 0 Å².